The molecule has 1 saturated carbocycles. The highest BCUT2D eigenvalue weighted by Crippen LogP contribution is 2.46. The number of halogens is 4. The zero-order chi connectivity index (χ0) is 39.7. The standard InChI is InChI=1S/C41H40F4N10O2/c1-41(2,3)49-40(57)22-13-29-35(46-18-22)50-51-37(29)54-20-26(17-34(54)28-16-24(43)7-11-32(28)45)55-36-30(14-21(19-47-36)39(56)48-25-8-9-25)38(52-55)53-12-4-5-33(53)27-15-23(42)6-10-31(27)44/h6-7,10-11,13-16,18-19,25-26,33-34H,4-5,8-9,12,17,20H2,1-3H3,(H,48,56)(H,49,57)(H,46,50,51)/t26?,33-,34-/m1/s1. The van der Waals surface area contributed by atoms with Gasteiger partial charge in [0.1, 0.15) is 23.3 Å². The molecule has 3 atom stereocenters. The summed E-state index contributed by atoms with van der Waals surface area (Å²) in [6, 6.07) is 8.43. The summed E-state index contributed by atoms with van der Waals surface area (Å²) in [7, 11) is 0. The maximum Gasteiger partial charge on any atom is 0.253 e. The topological polar surface area (TPSA) is 137 Å². The number of pyridine rings is 2. The Balaban J connectivity index is 1.16. The Bertz CT molecular complexity index is 2560. The van der Waals surface area contributed by atoms with Gasteiger partial charge in [-0.05, 0) is 101 Å². The summed E-state index contributed by atoms with van der Waals surface area (Å²) in [5, 5.41) is 19.6. The smallest absolute Gasteiger partial charge is 0.253 e. The quantitative estimate of drug-likeness (QED) is 0.138. The molecule has 2 amide bonds. The number of hydrogen-bond donors (Lipinski definition) is 3. The van der Waals surface area contributed by atoms with Crippen molar-refractivity contribution in [3.8, 4) is 0 Å². The maximum atomic E-state index is 15.7. The molecule has 0 spiro atoms. The molecule has 4 aromatic heterocycles. The molecule has 3 aliphatic rings. The summed E-state index contributed by atoms with van der Waals surface area (Å²) in [5.41, 5.74) is 1.26. The van der Waals surface area contributed by atoms with Crippen molar-refractivity contribution in [2.24, 2.45) is 0 Å². The van der Waals surface area contributed by atoms with Crippen LogP contribution in [0.2, 0.25) is 0 Å². The third kappa shape index (κ3) is 6.90. The van der Waals surface area contributed by atoms with Crippen molar-refractivity contribution in [2.45, 2.75) is 82.6 Å². The van der Waals surface area contributed by atoms with Gasteiger partial charge in [-0.15, -0.1) is 0 Å². The normalized spacial score (nSPS) is 19.9. The lowest BCUT2D eigenvalue weighted by Crippen LogP contribution is -2.40. The van der Waals surface area contributed by atoms with Gasteiger partial charge in [0.05, 0.1) is 40.0 Å². The number of rotatable bonds is 8. The molecule has 294 valence electrons. The van der Waals surface area contributed by atoms with Crippen molar-refractivity contribution in [3.05, 3.63) is 106 Å². The number of aromatic amines is 1. The second-order valence-electron chi connectivity index (χ2n) is 16.2. The average molecular weight is 781 g/mol. The van der Waals surface area contributed by atoms with Crippen molar-refractivity contribution >= 4 is 45.5 Å². The van der Waals surface area contributed by atoms with E-state index in [-0.39, 0.29) is 41.9 Å². The third-order valence-electron chi connectivity index (χ3n) is 10.9. The predicted molar refractivity (Wildman–Crippen MR) is 205 cm³/mol. The van der Waals surface area contributed by atoms with Crippen molar-refractivity contribution in [2.75, 3.05) is 22.9 Å². The molecule has 0 bridgehead atoms. The van der Waals surface area contributed by atoms with Crippen molar-refractivity contribution in [3.63, 3.8) is 0 Å². The fraction of sp³-hybridized carbons (Fsp3) is 0.366. The van der Waals surface area contributed by atoms with Gasteiger partial charge in [-0.25, -0.2) is 32.2 Å². The highest BCUT2D eigenvalue weighted by Gasteiger charge is 2.41. The molecular formula is C41H40F4N10O2. The molecule has 3 fully saturated rings. The fourth-order valence-corrected chi connectivity index (χ4v) is 8.14. The van der Waals surface area contributed by atoms with E-state index in [0.717, 1.165) is 37.1 Å². The molecule has 2 aliphatic heterocycles. The van der Waals surface area contributed by atoms with Crippen LogP contribution in [0.1, 0.15) is 103 Å². The van der Waals surface area contributed by atoms with Gasteiger partial charge in [-0.2, -0.15) is 10.2 Å². The van der Waals surface area contributed by atoms with Gasteiger partial charge < -0.3 is 20.4 Å². The molecule has 3 N–H and O–H groups in total. The Morgan fingerprint density at radius 3 is 2.16 bits per heavy atom. The molecule has 2 saturated heterocycles. The lowest BCUT2D eigenvalue weighted by Gasteiger charge is -2.26. The largest absolute Gasteiger partial charge is 0.349 e. The van der Waals surface area contributed by atoms with Gasteiger partial charge in [0.15, 0.2) is 22.9 Å². The number of amides is 2. The van der Waals surface area contributed by atoms with Crippen LogP contribution < -0.4 is 20.4 Å². The Morgan fingerprint density at radius 1 is 0.789 bits per heavy atom. The highest BCUT2D eigenvalue weighted by atomic mass is 19.1. The number of H-pyrrole nitrogens is 1. The summed E-state index contributed by atoms with van der Waals surface area (Å²) >= 11 is 0. The zero-order valence-electron chi connectivity index (χ0n) is 31.5. The number of anilines is 2. The van der Waals surface area contributed by atoms with E-state index in [0.29, 0.717) is 64.2 Å². The number of nitrogens with zero attached hydrogens (tertiary/aromatic N) is 7. The van der Waals surface area contributed by atoms with Gasteiger partial charge >= 0.3 is 0 Å². The average Bonchev–Trinajstić information content (AvgIpc) is 3.53. The monoisotopic (exact) mass is 780 g/mol. The molecule has 2 aromatic carbocycles. The molecule has 0 radical (unpaired) electrons. The van der Waals surface area contributed by atoms with E-state index >= 15 is 8.78 Å². The molecule has 57 heavy (non-hydrogen) atoms. The number of fused-ring (bicyclic) bond motifs is 2. The van der Waals surface area contributed by atoms with Crippen LogP contribution in [0.5, 0.6) is 0 Å². The number of carbonyl (C=O) groups excluding carboxylic acids is 2. The van der Waals surface area contributed by atoms with E-state index in [1.54, 1.807) is 16.8 Å². The van der Waals surface area contributed by atoms with Crippen LogP contribution in [0.15, 0.2) is 60.9 Å². The fourth-order valence-electron chi connectivity index (χ4n) is 8.14. The minimum absolute atomic E-state index is 0.105. The first-order valence-corrected chi connectivity index (χ1v) is 19.1. The van der Waals surface area contributed by atoms with Crippen molar-refractivity contribution in [1.82, 2.24) is 40.6 Å². The third-order valence-corrected chi connectivity index (χ3v) is 10.9. The van der Waals surface area contributed by atoms with E-state index in [1.165, 1.54) is 24.5 Å². The minimum atomic E-state index is -0.753. The van der Waals surface area contributed by atoms with Gasteiger partial charge in [0.25, 0.3) is 11.8 Å². The van der Waals surface area contributed by atoms with Gasteiger partial charge in [-0.1, -0.05) is 0 Å². The predicted octanol–water partition coefficient (Wildman–Crippen LogP) is 7.21. The summed E-state index contributed by atoms with van der Waals surface area (Å²) in [4.78, 5) is 39.5. The van der Waals surface area contributed by atoms with Crippen molar-refractivity contribution in [1.29, 1.82) is 0 Å². The molecule has 6 heterocycles. The van der Waals surface area contributed by atoms with Gasteiger partial charge in [0.2, 0.25) is 0 Å². The minimum Gasteiger partial charge on any atom is -0.349 e. The Labute approximate surface area is 324 Å². The molecule has 16 heteroatoms. The number of benzene rings is 2. The van der Waals surface area contributed by atoms with Gasteiger partial charge in [0, 0.05) is 48.2 Å². The molecule has 6 aromatic rings. The van der Waals surface area contributed by atoms with Crippen LogP contribution in [0, 0.1) is 23.3 Å². The first-order chi connectivity index (χ1) is 27.3. The second-order valence-corrected chi connectivity index (χ2v) is 16.2. The Kier molecular flexibility index (Phi) is 8.88. The summed E-state index contributed by atoms with van der Waals surface area (Å²) < 4.78 is 62.1. The van der Waals surface area contributed by atoms with Crippen LogP contribution in [0.3, 0.4) is 0 Å². The molecular weight excluding hydrogens is 741 g/mol. The highest BCUT2D eigenvalue weighted by molar-refractivity contribution is 6.00. The second kappa shape index (κ2) is 13.8. The summed E-state index contributed by atoms with van der Waals surface area (Å²) in [6.45, 7) is 6.29. The maximum absolute atomic E-state index is 15.7. The molecule has 9 rings (SSSR count). The molecule has 12 nitrogen and oxygen atoms in total. The summed E-state index contributed by atoms with van der Waals surface area (Å²) in [5.74, 6) is -2.10. The molecule has 1 unspecified atom stereocenters. The summed E-state index contributed by atoms with van der Waals surface area (Å²) in [6.07, 6.45) is 6.19. The van der Waals surface area contributed by atoms with Crippen LogP contribution in [0.25, 0.3) is 22.1 Å². The van der Waals surface area contributed by atoms with Crippen LogP contribution in [-0.2, 0) is 0 Å². The molecule has 1 aliphatic carbocycles. The number of hydrogen-bond acceptors (Lipinski definition) is 8. The first kappa shape index (κ1) is 36.6. The van der Waals surface area contributed by atoms with E-state index < -0.39 is 46.9 Å². The van der Waals surface area contributed by atoms with E-state index in [9.17, 15) is 18.4 Å². The van der Waals surface area contributed by atoms with Crippen LogP contribution in [-0.4, -0.2) is 66.4 Å². The number of nitrogens with one attached hydrogen (secondary N) is 3. The first-order valence-electron chi connectivity index (χ1n) is 19.1. The SMILES string of the molecule is CC(C)(C)NC(=O)c1cnc2[nH]nc(N3CC(n4nc(N5CCC[C@@H]5c5cc(F)ccc5F)c5cc(C(=O)NC6CC6)cnc54)C[C@@H]3c3cc(F)ccc3F)c2c1. The van der Waals surface area contributed by atoms with E-state index in [1.807, 2.05) is 30.6 Å². The number of aromatic nitrogens is 6. The van der Waals surface area contributed by atoms with Crippen LogP contribution >= 0.6 is 0 Å². The van der Waals surface area contributed by atoms with E-state index in [4.69, 9.17) is 10.1 Å². The van der Waals surface area contributed by atoms with Crippen LogP contribution in [0.4, 0.5) is 29.2 Å². The Morgan fingerprint density at radius 2 is 1.46 bits per heavy atom. The lowest BCUT2D eigenvalue weighted by atomic mass is 10.0. The van der Waals surface area contributed by atoms with Gasteiger partial charge in [-0.3, -0.25) is 14.7 Å². The Hall–Kier alpha value is -6.06. The number of carbonyl (C=O) groups is 2. The lowest BCUT2D eigenvalue weighted by molar-refractivity contribution is 0.0917. The van der Waals surface area contributed by atoms with E-state index in [2.05, 4.69) is 25.8 Å². The van der Waals surface area contributed by atoms with Crippen molar-refractivity contribution < 1.29 is 27.2 Å². The zero-order valence-corrected chi connectivity index (χ0v) is 31.5.